The number of rotatable bonds is 4. The van der Waals surface area contributed by atoms with Crippen LogP contribution in [0.25, 0.3) is 0 Å². The normalized spacial score (nSPS) is 12.1. The molecule has 0 amide bonds. The molecule has 1 heterocycles. The summed E-state index contributed by atoms with van der Waals surface area (Å²) in [6, 6.07) is 3.38. The number of hydrogen-bond acceptors (Lipinski definition) is 4. The number of anilines is 1. The standard InChI is InChI=1S/C8H10N2O3/c11-7(8(12)13)5-10-6-1-3-9-4-2-6/h1-4,7,11H,5H2,(H,9,10)(H,12,13). The summed E-state index contributed by atoms with van der Waals surface area (Å²) in [5.41, 5.74) is 0.732. The van der Waals surface area contributed by atoms with E-state index in [9.17, 15) is 4.79 Å². The minimum Gasteiger partial charge on any atom is -0.479 e. The van der Waals surface area contributed by atoms with Crippen molar-refractivity contribution in [1.29, 1.82) is 0 Å². The largest absolute Gasteiger partial charge is 0.479 e. The molecular weight excluding hydrogens is 172 g/mol. The predicted octanol–water partition coefficient (Wildman–Crippen LogP) is -0.0610. The van der Waals surface area contributed by atoms with Crippen molar-refractivity contribution in [1.82, 2.24) is 4.98 Å². The third-order valence-corrected chi connectivity index (χ3v) is 1.46. The van der Waals surface area contributed by atoms with Crippen LogP contribution in [0.1, 0.15) is 0 Å². The molecule has 1 aromatic rings. The Hall–Kier alpha value is -1.62. The van der Waals surface area contributed by atoms with Crippen molar-refractivity contribution < 1.29 is 15.0 Å². The molecule has 0 aliphatic carbocycles. The first kappa shape index (κ1) is 9.47. The second kappa shape index (κ2) is 4.42. The number of aliphatic carboxylic acids is 1. The molecule has 5 nitrogen and oxygen atoms in total. The zero-order valence-electron chi connectivity index (χ0n) is 6.84. The molecule has 0 aliphatic rings. The number of carbonyl (C=O) groups is 1. The smallest absolute Gasteiger partial charge is 0.334 e. The van der Waals surface area contributed by atoms with Gasteiger partial charge in [0, 0.05) is 18.1 Å². The molecule has 5 heteroatoms. The minimum atomic E-state index is -1.38. The molecule has 3 N–H and O–H groups in total. The summed E-state index contributed by atoms with van der Waals surface area (Å²) in [5.74, 6) is -1.23. The Morgan fingerprint density at radius 2 is 2.15 bits per heavy atom. The van der Waals surface area contributed by atoms with Crippen LogP contribution < -0.4 is 5.32 Å². The van der Waals surface area contributed by atoms with Crippen LogP contribution in [-0.2, 0) is 4.79 Å². The second-order valence-electron chi connectivity index (χ2n) is 2.47. The molecule has 0 radical (unpaired) electrons. The predicted molar refractivity (Wildman–Crippen MR) is 46.4 cm³/mol. The monoisotopic (exact) mass is 182 g/mol. The van der Waals surface area contributed by atoms with E-state index in [1.165, 1.54) is 0 Å². The van der Waals surface area contributed by atoms with E-state index in [0.717, 1.165) is 5.69 Å². The summed E-state index contributed by atoms with van der Waals surface area (Å²) in [4.78, 5) is 14.0. The van der Waals surface area contributed by atoms with Crippen molar-refractivity contribution in [3.63, 3.8) is 0 Å². The quantitative estimate of drug-likeness (QED) is 0.607. The fourth-order valence-electron chi connectivity index (χ4n) is 0.772. The van der Waals surface area contributed by atoms with Gasteiger partial charge in [-0.3, -0.25) is 4.98 Å². The van der Waals surface area contributed by atoms with Crippen molar-refractivity contribution in [2.24, 2.45) is 0 Å². The van der Waals surface area contributed by atoms with Gasteiger partial charge < -0.3 is 15.5 Å². The van der Waals surface area contributed by atoms with E-state index in [4.69, 9.17) is 10.2 Å². The maximum absolute atomic E-state index is 10.2. The molecule has 70 valence electrons. The highest BCUT2D eigenvalue weighted by molar-refractivity contribution is 5.72. The van der Waals surface area contributed by atoms with Crippen LogP contribution in [0.15, 0.2) is 24.5 Å². The zero-order valence-corrected chi connectivity index (χ0v) is 6.84. The Balaban J connectivity index is 2.39. The maximum Gasteiger partial charge on any atom is 0.334 e. The first-order valence-electron chi connectivity index (χ1n) is 3.75. The Labute approximate surface area is 75.0 Å². The van der Waals surface area contributed by atoms with E-state index in [1.54, 1.807) is 24.5 Å². The van der Waals surface area contributed by atoms with Crippen LogP contribution in [0.3, 0.4) is 0 Å². The summed E-state index contributed by atoms with van der Waals surface area (Å²) in [6.07, 6.45) is 1.78. The van der Waals surface area contributed by atoms with Gasteiger partial charge in [0.05, 0.1) is 6.54 Å². The number of aromatic nitrogens is 1. The summed E-state index contributed by atoms with van der Waals surface area (Å²) >= 11 is 0. The average Bonchev–Trinajstić information content (AvgIpc) is 2.15. The van der Waals surface area contributed by atoms with Gasteiger partial charge in [-0.15, -0.1) is 0 Å². The first-order valence-corrected chi connectivity index (χ1v) is 3.75. The number of nitrogens with zero attached hydrogens (tertiary/aromatic N) is 1. The van der Waals surface area contributed by atoms with E-state index in [1.807, 2.05) is 0 Å². The van der Waals surface area contributed by atoms with Gasteiger partial charge in [0.15, 0.2) is 6.10 Å². The molecule has 0 aliphatic heterocycles. The molecule has 0 spiro atoms. The number of carboxylic acids is 1. The van der Waals surface area contributed by atoms with Crippen molar-refractivity contribution in [3.8, 4) is 0 Å². The van der Waals surface area contributed by atoms with Crippen LogP contribution in [0.4, 0.5) is 5.69 Å². The molecule has 0 aromatic carbocycles. The number of aliphatic hydroxyl groups excluding tert-OH is 1. The van der Waals surface area contributed by atoms with Gasteiger partial charge >= 0.3 is 5.97 Å². The van der Waals surface area contributed by atoms with Gasteiger partial charge in [0.25, 0.3) is 0 Å². The molecule has 1 rings (SSSR count). The van der Waals surface area contributed by atoms with Crippen molar-refractivity contribution in [3.05, 3.63) is 24.5 Å². The zero-order chi connectivity index (χ0) is 9.68. The lowest BCUT2D eigenvalue weighted by Crippen LogP contribution is -2.28. The van der Waals surface area contributed by atoms with E-state index >= 15 is 0 Å². The molecule has 1 aromatic heterocycles. The summed E-state index contributed by atoms with van der Waals surface area (Å²) in [7, 11) is 0. The number of aliphatic hydroxyl groups is 1. The Bertz CT molecular complexity index is 276. The minimum absolute atomic E-state index is 0.0145. The van der Waals surface area contributed by atoms with Crippen molar-refractivity contribution in [2.45, 2.75) is 6.10 Å². The summed E-state index contributed by atoms with van der Waals surface area (Å²) < 4.78 is 0. The fourth-order valence-corrected chi connectivity index (χ4v) is 0.772. The van der Waals surface area contributed by atoms with Gasteiger partial charge in [0.1, 0.15) is 0 Å². The van der Waals surface area contributed by atoms with Crippen LogP contribution in [0, 0.1) is 0 Å². The number of carboxylic acid groups (broad SMARTS) is 1. The lowest BCUT2D eigenvalue weighted by Gasteiger charge is -2.07. The molecule has 0 saturated heterocycles. The first-order chi connectivity index (χ1) is 6.20. The molecule has 1 atom stereocenters. The topological polar surface area (TPSA) is 82.5 Å². The lowest BCUT2D eigenvalue weighted by molar-refractivity contribution is -0.145. The number of pyridine rings is 1. The number of nitrogens with one attached hydrogen (secondary N) is 1. The van der Waals surface area contributed by atoms with Crippen molar-refractivity contribution in [2.75, 3.05) is 11.9 Å². The van der Waals surface area contributed by atoms with Gasteiger partial charge in [-0.1, -0.05) is 0 Å². The fraction of sp³-hybridized carbons (Fsp3) is 0.250. The average molecular weight is 182 g/mol. The van der Waals surface area contributed by atoms with Crippen molar-refractivity contribution >= 4 is 11.7 Å². The van der Waals surface area contributed by atoms with Gasteiger partial charge in [0.2, 0.25) is 0 Å². The van der Waals surface area contributed by atoms with Crippen LogP contribution in [0.5, 0.6) is 0 Å². The maximum atomic E-state index is 10.2. The summed E-state index contributed by atoms with van der Waals surface area (Å²) in [5, 5.41) is 20.0. The molecular formula is C8H10N2O3. The highest BCUT2D eigenvalue weighted by Crippen LogP contribution is 2.02. The van der Waals surface area contributed by atoms with E-state index in [-0.39, 0.29) is 6.54 Å². The summed E-state index contributed by atoms with van der Waals surface area (Å²) in [6.45, 7) is -0.0145. The third kappa shape index (κ3) is 3.08. The van der Waals surface area contributed by atoms with Gasteiger partial charge in [-0.05, 0) is 12.1 Å². The Kier molecular flexibility index (Phi) is 3.22. The highest BCUT2D eigenvalue weighted by atomic mass is 16.4. The lowest BCUT2D eigenvalue weighted by atomic mass is 10.3. The van der Waals surface area contributed by atoms with Gasteiger partial charge in [-0.2, -0.15) is 0 Å². The highest BCUT2D eigenvalue weighted by Gasteiger charge is 2.11. The molecule has 0 fully saturated rings. The number of hydrogen-bond donors (Lipinski definition) is 3. The van der Waals surface area contributed by atoms with Crippen LogP contribution in [-0.4, -0.2) is 33.8 Å². The van der Waals surface area contributed by atoms with Crippen LogP contribution >= 0.6 is 0 Å². The SMILES string of the molecule is O=C(O)C(O)CNc1ccncc1. The molecule has 13 heavy (non-hydrogen) atoms. The van der Waals surface area contributed by atoms with E-state index < -0.39 is 12.1 Å². The Morgan fingerprint density at radius 1 is 1.54 bits per heavy atom. The molecule has 1 unspecified atom stereocenters. The van der Waals surface area contributed by atoms with Crippen LogP contribution in [0.2, 0.25) is 0 Å². The third-order valence-electron chi connectivity index (χ3n) is 1.46. The second-order valence-corrected chi connectivity index (χ2v) is 2.47. The molecule has 0 bridgehead atoms. The Morgan fingerprint density at radius 3 is 2.69 bits per heavy atom. The van der Waals surface area contributed by atoms with E-state index in [2.05, 4.69) is 10.3 Å². The van der Waals surface area contributed by atoms with E-state index in [0.29, 0.717) is 0 Å². The van der Waals surface area contributed by atoms with Gasteiger partial charge in [-0.25, -0.2) is 4.79 Å². The molecule has 0 saturated carbocycles.